The number of rotatable bonds is 8. The van der Waals surface area contributed by atoms with Gasteiger partial charge < -0.3 is 14.4 Å². The van der Waals surface area contributed by atoms with E-state index in [1.807, 2.05) is 18.2 Å². The second-order valence-corrected chi connectivity index (χ2v) is 9.95. The quantitative estimate of drug-likeness (QED) is 0.322. The van der Waals surface area contributed by atoms with Gasteiger partial charge in [0.25, 0.3) is 0 Å². The summed E-state index contributed by atoms with van der Waals surface area (Å²) < 4.78 is 23.2. The number of benzene rings is 2. The molecule has 0 bridgehead atoms. The highest BCUT2D eigenvalue weighted by atomic mass is 79.9. The Labute approximate surface area is 197 Å². The van der Waals surface area contributed by atoms with E-state index in [1.54, 1.807) is 12.1 Å². The lowest BCUT2D eigenvalue weighted by Crippen LogP contribution is -2.17. The zero-order chi connectivity index (χ0) is 22.9. The lowest BCUT2D eigenvalue weighted by molar-refractivity contribution is -0.142. The third-order valence-electron chi connectivity index (χ3n) is 4.80. The standard InChI is InChI=1S/C23H25Br2FN2O3/c1-12(2)7-21-27-19-6-5-15(11-20(19)28(21)13(3)4)31-22-16(24)8-14(9-17(22)25)10-18(26)23(29)30/h5-6,8-9,11-13,18H,7,10H2,1-4H3,(H,29,30). The van der Waals surface area contributed by atoms with Gasteiger partial charge in [0.2, 0.25) is 6.17 Å². The van der Waals surface area contributed by atoms with Gasteiger partial charge in [-0.05, 0) is 81.5 Å². The maximum Gasteiger partial charge on any atom is 0.338 e. The Bertz CT molecular complexity index is 1090. The van der Waals surface area contributed by atoms with Crippen LogP contribution < -0.4 is 4.74 Å². The smallest absolute Gasteiger partial charge is 0.338 e. The zero-order valence-corrected chi connectivity index (χ0v) is 21.0. The van der Waals surface area contributed by atoms with Gasteiger partial charge in [-0.15, -0.1) is 0 Å². The van der Waals surface area contributed by atoms with E-state index in [-0.39, 0.29) is 12.5 Å². The number of imidazole rings is 1. The SMILES string of the molecule is CC(C)Cc1nc2ccc(Oc3c(Br)cc(CC(F)C(=O)O)cc3Br)cc2n1C(C)C. The molecule has 0 aliphatic rings. The topological polar surface area (TPSA) is 64.3 Å². The van der Waals surface area contributed by atoms with Crippen molar-refractivity contribution in [3.05, 3.63) is 50.7 Å². The second-order valence-electron chi connectivity index (χ2n) is 8.24. The molecule has 1 heterocycles. The van der Waals surface area contributed by atoms with Gasteiger partial charge in [-0.3, -0.25) is 0 Å². The van der Waals surface area contributed by atoms with Crippen molar-refractivity contribution in [3.8, 4) is 11.5 Å². The number of halogens is 3. The van der Waals surface area contributed by atoms with Crippen molar-refractivity contribution < 1.29 is 19.0 Å². The molecule has 0 saturated heterocycles. The molecule has 0 aliphatic carbocycles. The summed E-state index contributed by atoms with van der Waals surface area (Å²) in [6.45, 7) is 8.64. The minimum atomic E-state index is -1.95. The molecule has 0 saturated carbocycles. The number of nitrogens with zero attached hydrogens (tertiary/aromatic N) is 2. The molecule has 1 unspecified atom stereocenters. The molecule has 31 heavy (non-hydrogen) atoms. The first-order valence-corrected chi connectivity index (χ1v) is 11.7. The number of carboxylic acid groups (broad SMARTS) is 1. The number of alkyl halides is 1. The van der Waals surface area contributed by atoms with Crippen molar-refractivity contribution >= 4 is 48.9 Å². The summed E-state index contributed by atoms with van der Waals surface area (Å²) in [7, 11) is 0. The van der Waals surface area contributed by atoms with Gasteiger partial charge in [0.1, 0.15) is 11.6 Å². The number of ether oxygens (including phenoxy) is 1. The molecular formula is C23H25Br2FN2O3. The first-order chi connectivity index (χ1) is 14.6. The normalized spacial score (nSPS) is 12.7. The van der Waals surface area contributed by atoms with Crippen LogP contribution in [0.4, 0.5) is 4.39 Å². The highest BCUT2D eigenvalue weighted by Gasteiger charge is 2.19. The summed E-state index contributed by atoms with van der Waals surface area (Å²) in [5.74, 6) is 1.27. The van der Waals surface area contributed by atoms with E-state index in [0.29, 0.717) is 31.9 Å². The van der Waals surface area contributed by atoms with Crippen LogP contribution in [0, 0.1) is 5.92 Å². The van der Waals surface area contributed by atoms with E-state index < -0.39 is 12.1 Å². The third kappa shape index (κ3) is 5.47. The van der Waals surface area contributed by atoms with E-state index in [4.69, 9.17) is 14.8 Å². The lowest BCUT2D eigenvalue weighted by atomic mass is 10.1. The Balaban J connectivity index is 1.94. The molecule has 166 valence electrons. The fraction of sp³-hybridized carbons (Fsp3) is 0.391. The zero-order valence-electron chi connectivity index (χ0n) is 17.8. The molecule has 8 heteroatoms. The summed E-state index contributed by atoms with van der Waals surface area (Å²) in [6.07, 6.45) is -1.28. The van der Waals surface area contributed by atoms with Crippen LogP contribution in [0.5, 0.6) is 11.5 Å². The number of hydrogen-bond acceptors (Lipinski definition) is 3. The van der Waals surface area contributed by atoms with Crippen molar-refractivity contribution in [2.75, 3.05) is 0 Å². The van der Waals surface area contributed by atoms with Crippen molar-refractivity contribution in [1.29, 1.82) is 0 Å². The van der Waals surface area contributed by atoms with Crippen LogP contribution in [0.2, 0.25) is 0 Å². The fourth-order valence-corrected chi connectivity index (χ4v) is 4.95. The molecule has 0 spiro atoms. The molecule has 0 aliphatic heterocycles. The number of aliphatic carboxylic acids is 1. The van der Waals surface area contributed by atoms with Crippen LogP contribution >= 0.6 is 31.9 Å². The van der Waals surface area contributed by atoms with Crippen molar-refractivity contribution in [1.82, 2.24) is 9.55 Å². The average Bonchev–Trinajstić information content (AvgIpc) is 3.01. The van der Waals surface area contributed by atoms with Gasteiger partial charge >= 0.3 is 5.97 Å². The molecule has 0 radical (unpaired) electrons. The van der Waals surface area contributed by atoms with Gasteiger partial charge in [0, 0.05) is 24.9 Å². The molecule has 3 rings (SSSR count). The average molecular weight is 556 g/mol. The summed E-state index contributed by atoms with van der Waals surface area (Å²) in [5, 5.41) is 8.80. The number of hydrogen-bond donors (Lipinski definition) is 1. The largest absolute Gasteiger partial charge is 0.479 e. The van der Waals surface area contributed by atoms with Crippen LogP contribution in [0.25, 0.3) is 11.0 Å². The van der Waals surface area contributed by atoms with Crippen LogP contribution in [0.1, 0.15) is 45.1 Å². The highest BCUT2D eigenvalue weighted by molar-refractivity contribution is 9.11. The van der Waals surface area contributed by atoms with Gasteiger partial charge in [-0.2, -0.15) is 0 Å². The second kappa shape index (κ2) is 9.69. The van der Waals surface area contributed by atoms with E-state index in [9.17, 15) is 9.18 Å². The monoisotopic (exact) mass is 554 g/mol. The molecule has 0 amide bonds. The van der Waals surface area contributed by atoms with Gasteiger partial charge in [-0.1, -0.05) is 13.8 Å². The van der Waals surface area contributed by atoms with Crippen molar-refractivity contribution in [3.63, 3.8) is 0 Å². The van der Waals surface area contributed by atoms with E-state index >= 15 is 0 Å². The van der Waals surface area contributed by atoms with Crippen LogP contribution in [-0.4, -0.2) is 26.8 Å². The van der Waals surface area contributed by atoms with Gasteiger partial charge in [0.15, 0.2) is 5.75 Å². The Morgan fingerprint density at radius 1 is 1.13 bits per heavy atom. The summed E-state index contributed by atoms with van der Waals surface area (Å²) in [4.78, 5) is 15.6. The van der Waals surface area contributed by atoms with Gasteiger partial charge in [0.05, 0.1) is 20.0 Å². The number of aromatic nitrogens is 2. The van der Waals surface area contributed by atoms with Crippen LogP contribution in [0.3, 0.4) is 0 Å². The van der Waals surface area contributed by atoms with Crippen molar-refractivity contribution in [2.45, 2.75) is 52.8 Å². The van der Waals surface area contributed by atoms with Crippen LogP contribution in [-0.2, 0) is 17.6 Å². The number of carboxylic acids is 1. The number of carbonyl (C=O) groups is 1. The summed E-state index contributed by atoms with van der Waals surface area (Å²) in [6, 6.07) is 9.40. The molecule has 5 nitrogen and oxygen atoms in total. The van der Waals surface area contributed by atoms with Crippen LogP contribution in [0.15, 0.2) is 39.3 Å². The maximum absolute atomic E-state index is 13.6. The predicted octanol–water partition coefficient (Wildman–Crippen LogP) is 7.10. The summed E-state index contributed by atoms with van der Waals surface area (Å²) >= 11 is 6.92. The number of fused-ring (bicyclic) bond motifs is 1. The minimum absolute atomic E-state index is 0.217. The first kappa shape index (κ1) is 23.7. The Morgan fingerprint density at radius 3 is 2.32 bits per heavy atom. The molecule has 2 aromatic carbocycles. The van der Waals surface area contributed by atoms with E-state index in [2.05, 4.69) is 64.1 Å². The lowest BCUT2D eigenvalue weighted by Gasteiger charge is -2.15. The minimum Gasteiger partial charge on any atom is -0.479 e. The molecule has 1 atom stereocenters. The first-order valence-electron chi connectivity index (χ1n) is 10.1. The maximum atomic E-state index is 13.6. The Hall–Kier alpha value is -1.93. The molecule has 3 aromatic rings. The Kier molecular flexibility index (Phi) is 7.42. The van der Waals surface area contributed by atoms with E-state index in [1.165, 1.54) is 0 Å². The Morgan fingerprint density at radius 2 is 1.77 bits per heavy atom. The summed E-state index contributed by atoms with van der Waals surface area (Å²) in [5.41, 5.74) is 2.48. The van der Waals surface area contributed by atoms with Crippen molar-refractivity contribution in [2.24, 2.45) is 5.92 Å². The van der Waals surface area contributed by atoms with E-state index in [0.717, 1.165) is 23.3 Å². The highest BCUT2D eigenvalue weighted by Crippen LogP contribution is 2.39. The molecular weight excluding hydrogens is 531 g/mol. The predicted molar refractivity (Wildman–Crippen MR) is 127 cm³/mol. The third-order valence-corrected chi connectivity index (χ3v) is 5.98. The fourth-order valence-electron chi connectivity index (χ4n) is 3.51. The molecule has 1 aromatic heterocycles. The molecule has 1 N–H and O–H groups in total. The van der Waals surface area contributed by atoms with Gasteiger partial charge in [-0.25, -0.2) is 14.2 Å². The molecule has 0 fully saturated rings.